The van der Waals surface area contributed by atoms with Gasteiger partial charge in [0.15, 0.2) is 15.8 Å². The van der Waals surface area contributed by atoms with Crippen molar-refractivity contribution in [1.82, 2.24) is 0 Å². The third-order valence-electron chi connectivity index (χ3n) is 0.755. The van der Waals surface area contributed by atoms with E-state index in [0.717, 1.165) is 0 Å². The lowest BCUT2D eigenvalue weighted by Crippen LogP contribution is -2.10. The van der Waals surface area contributed by atoms with Gasteiger partial charge in [0.1, 0.15) is 0 Å². The van der Waals surface area contributed by atoms with E-state index in [0.29, 0.717) is 0 Å². The summed E-state index contributed by atoms with van der Waals surface area (Å²) in [6, 6.07) is 0. The zero-order valence-electron chi connectivity index (χ0n) is 5.03. The summed E-state index contributed by atoms with van der Waals surface area (Å²) in [5, 5.41) is 0. The molecule has 0 unspecified atom stereocenters. The molecule has 54 valence electrons. The highest BCUT2D eigenvalue weighted by Crippen LogP contribution is 1.87. The molecule has 0 radical (unpaired) electrons. The van der Waals surface area contributed by atoms with Gasteiger partial charge in [0.25, 0.3) is 6.47 Å². The van der Waals surface area contributed by atoms with Crippen LogP contribution in [0.25, 0.3) is 0 Å². The Balaban J connectivity index is 3.74. The maximum absolute atomic E-state index is 10.5. The van der Waals surface area contributed by atoms with E-state index in [1.807, 2.05) is 0 Å². The largest absolute Gasteiger partial charge is 0.451 e. The zero-order valence-corrected chi connectivity index (χ0v) is 5.85. The monoisotopic (exact) mass is 152 g/mol. The first-order valence-corrected chi connectivity index (χ1v) is 4.20. The molecule has 0 atom stereocenters. The fourth-order valence-electron chi connectivity index (χ4n) is 0.215. The molecule has 0 aromatic rings. The van der Waals surface area contributed by atoms with Crippen LogP contribution in [0.15, 0.2) is 0 Å². The number of hydrogen-bond donors (Lipinski definition) is 0. The summed E-state index contributed by atoms with van der Waals surface area (Å²) in [5.74, 6) is -0.506. The molecule has 0 saturated carbocycles. The van der Waals surface area contributed by atoms with Crippen LogP contribution in [-0.4, -0.2) is 26.6 Å². The summed E-state index contributed by atoms with van der Waals surface area (Å²) in [6.07, 6.45) is 0. The minimum Gasteiger partial charge on any atom is -0.451 e. The summed E-state index contributed by atoms with van der Waals surface area (Å²) in [7, 11) is -3.14. The molecular weight excluding hydrogens is 144 g/mol. The molecule has 4 nitrogen and oxygen atoms in total. The standard InChI is InChI=1S/C4H8O4S/c1-2-9(6,7)4-8-3-5/h3H,2,4H2,1H3. The number of ether oxygens (including phenoxy) is 1. The second kappa shape index (κ2) is 3.45. The third-order valence-corrected chi connectivity index (χ3v) is 2.13. The lowest BCUT2D eigenvalue weighted by molar-refractivity contribution is -0.126. The van der Waals surface area contributed by atoms with Crippen molar-refractivity contribution < 1.29 is 17.9 Å². The van der Waals surface area contributed by atoms with Crippen molar-refractivity contribution in [3.05, 3.63) is 0 Å². The van der Waals surface area contributed by atoms with Crippen LogP contribution >= 0.6 is 0 Å². The van der Waals surface area contributed by atoms with E-state index in [4.69, 9.17) is 0 Å². The highest BCUT2D eigenvalue weighted by molar-refractivity contribution is 7.91. The van der Waals surface area contributed by atoms with E-state index in [2.05, 4.69) is 4.74 Å². The zero-order chi connectivity index (χ0) is 7.33. The Hall–Kier alpha value is -0.580. The summed E-state index contributed by atoms with van der Waals surface area (Å²) in [4.78, 5) is 9.48. The Morgan fingerprint density at radius 3 is 2.44 bits per heavy atom. The van der Waals surface area contributed by atoms with E-state index in [1.165, 1.54) is 6.92 Å². The smallest absolute Gasteiger partial charge is 0.294 e. The van der Waals surface area contributed by atoms with Crippen molar-refractivity contribution in [2.24, 2.45) is 0 Å². The molecule has 0 aromatic heterocycles. The molecule has 0 heterocycles. The van der Waals surface area contributed by atoms with Crippen LogP contribution in [0, 0.1) is 0 Å². The third kappa shape index (κ3) is 3.96. The molecule has 0 spiro atoms. The second-order valence-corrected chi connectivity index (χ2v) is 3.71. The molecule has 5 heteroatoms. The SMILES string of the molecule is CCS(=O)(=O)COC=O. The number of sulfone groups is 1. The van der Waals surface area contributed by atoms with Crippen LogP contribution in [0.3, 0.4) is 0 Å². The van der Waals surface area contributed by atoms with E-state index >= 15 is 0 Å². The van der Waals surface area contributed by atoms with Gasteiger partial charge in [-0.25, -0.2) is 8.42 Å². The van der Waals surface area contributed by atoms with Gasteiger partial charge in [-0.1, -0.05) is 6.92 Å². The fourth-order valence-corrected chi connectivity index (χ4v) is 0.644. The molecule has 0 rings (SSSR count). The number of hydrogen-bond acceptors (Lipinski definition) is 4. The molecule has 9 heavy (non-hydrogen) atoms. The first-order chi connectivity index (χ1) is 4.12. The maximum Gasteiger partial charge on any atom is 0.294 e. The highest BCUT2D eigenvalue weighted by Gasteiger charge is 2.05. The van der Waals surface area contributed by atoms with Gasteiger partial charge >= 0.3 is 0 Å². The number of rotatable bonds is 4. The first-order valence-electron chi connectivity index (χ1n) is 2.38. The van der Waals surface area contributed by atoms with Crippen molar-refractivity contribution >= 4 is 16.3 Å². The van der Waals surface area contributed by atoms with Crippen molar-refractivity contribution in [2.45, 2.75) is 6.92 Å². The highest BCUT2D eigenvalue weighted by atomic mass is 32.2. The predicted octanol–water partition coefficient (Wildman–Crippen LogP) is -0.448. The van der Waals surface area contributed by atoms with Gasteiger partial charge in [-0.2, -0.15) is 0 Å². The van der Waals surface area contributed by atoms with Crippen LogP contribution < -0.4 is 0 Å². The Morgan fingerprint density at radius 2 is 2.11 bits per heavy atom. The average Bonchev–Trinajstić information content (AvgIpc) is 1.84. The Bertz CT molecular complexity index is 169. The van der Waals surface area contributed by atoms with Crippen LogP contribution in [0.4, 0.5) is 0 Å². The summed E-state index contributed by atoms with van der Waals surface area (Å²) in [6.45, 7) is 1.61. The van der Waals surface area contributed by atoms with Crippen molar-refractivity contribution in [2.75, 3.05) is 11.7 Å². The molecule has 0 bridgehead atoms. The number of carbonyl (C=O) groups excluding carboxylic acids is 1. The van der Waals surface area contributed by atoms with Gasteiger partial charge in [-0.3, -0.25) is 4.79 Å². The molecule has 0 amide bonds. The molecular formula is C4H8O4S. The van der Waals surface area contributed by atoms with E-state index in [1.54, 1.807) is 0 Å². The van der Waals surface area contributed by atoms with Crippen molar-refractivity contribution in [3.8, 4) is 0 Å². The van der Waals surface area contributed by atoms with Crippen molar-refractivity contribution in [3.63, 3.8) is 0 Å². The fraction of sp³-hybridized carbons (Fsp3) is 0.750. The van der Waals surface area contributed by atoms with Gasteiger partial charge in [0.2, 0.25) is 0 Å². The molecule has 0 aliphatic rings. The summed E-state index contributed by atoms with van der Waals surface area (Å²) < 4.78 is 25.0. The minimum absolute atomic E-state index is 0.000833. The normalized spacial score (nSPS) is 10.8. The van der Waals surface area contributed by atoms with E-state index in [-0.39, 0.29) is 12.2 Å². The lowest BCUT2D eigenvalue weighted by atomic mass is 11.0. The van der Waals surface area contributed by atoms with Crippen molar-refractivity contribution in [1.29, 1.82) is 0 Å². The molecule has 0 aliphatic heterocycles. The van der Waals surface area contributed by atoms with Crippen LogP contribution in [0.2, 0.25) is 0 Å². The second-order valence-electron chi connectivity index (χ2n) is 1.41. The van der Waals surface area contributed by atoms with Gasteiger partial charge < -0.3 is 4.74 Å². The molecule has 0 aliphatic carbocycles. The van der Waals surface area contributed by atoms with E-state index in [9.17, 15) is 13.2 Å². The number of carbonyl (C=O) groups is 1. The average molecular weight is 152 g/mol. The predicted molar refractivity (Wildman–Crippen MR) is 31.5 cm³/mol. The Kier molecular flexibility index (Phi) is 3.22. The Morgan fingerprint density at radius 1 is 1.56 bits per heavy atom. The molecule has 0 aromatic carbocycles. The molecule has 0 N–H and O–H groups in total. The molecule has 0 fully saturated rings. The molecule has 0 saturated heterocycles. The van der Waals surface area contributed by atoms with Crippen LogP contribution in [0.5, 0.6) is 0 Å². The van der Waals surface area contributed by atoms with Gasteiger partial charge in [0, 0.05) is 0 Å². The van der Waals surface area contributed by atoms with Gasteiger partial charge in [-0.05, 0) is 0 Å². The topological polar surface area (TPSA) is 60.4 Å². The summed E-state index contributed by atoms with van der Waals surface area (Å²) >= 11 is 0. The summed E-state index contributed by atoms with van der Waals surface area (Å²) in [5.41, 5.74) is 0. The Labute approximate surface area is 53.7 Å². The quantitative estimate of drug-likeness (QED) is 0.512. The lowest BCUT2D eigenvalue weighted by Gasteiger charge is -1.95. The van der Waals surface area contributed by atoms with Crippen LogP contribution in [0.1, 0.15) is 6.92 Å². The van der Waals surface area contributed by atoms with E-state index < -0.39 is 15.8 Å². The van der Waals surface area contributed by atoms with Gasteiger partial charge in [0.05, 0.1) is 5.75 Å². The minimum atomic E-state index is -3.14. The maximum atomic E-state index is 10.5. The van der Waals surface area contributed by atoms with Crippen LogP contribution in [-0.2, 0) is 19.4 Å². The van der Waals surface area contributed by atoms with Gasteiger partial charge in [-0.15, -0.1) is 0 Å². The first kappa shape index (κ1) is 8.42.